The highest BCUT2D eigenvalue weighted by Gasteiger charge is 2.31. The van der Waals surface area contributed by atoms with E-state index >= 15 is 0 Å². The molecule has 1 aromatic carbocycles. The molecule has 1 amide bonds. The van der Waals surface area contributed by atoms with Crippen LogP contribution in [0.1, 0.15) is 42.8 Å². The SMILES string of the molecule is Cc1nc(CC2CCN(C(=O)C3CCCO3)CC2)cc(NCc2ccccc2F)n1. The Bertz CT molecular complexity index is 877. The Morgan fingerprint density at radius 2 is 2.03 bits per heavy atom. The number of rotatable bonds is 6. The molecule has 6 nitrogen and oxygen atoms in total. The first-order chi connectivity index (χ1) is 14.6. The Labute approximate surface area is 176 Å². The number of piperidine rings is 1. The van der Waals surface area contributed by atoms with Gasteiger partial charge in [0.2, 0.25) is 0 Å². The van der Waals surface area contributed by atoms with Gasteiger partial charge in [0.25, 0.3) is 5.91 Å². The summed E-state index contributed by atoms with van der Waals surface area (Å²) in [5, 5.41) is 3.22. The number of ether oxygens (including phenoxy) is 1. The number of halogens is 1. The maximum absolute atomic E-state index is 13.8. The molecule has 0 bridgehead atoms. The average Bonchev–Trinajstić information content (AvgIpc) is 3.28. The summed E-state index contributed by atoms with van der Waals surface area (Å²) >= 11 is 0. The summed E-state index contributed by atoms with van der Waals surface area (Å²) in [5.74, 6) is 1.84. The standard InChI is InChI=1S/C23H29FN4O2/c1-16-26-19(14-22(27-16)25-15-18-5-2-3-6-20(18)24)13-17-8-10-28(11-9-17)23(29)21-7-4-12-30-21/h2-3,5-6,14,17,21H,4,7-13,15H2,1H3,(H,25,26,27). The van der Waals surface area contributed by atoms with Crippen LogP contribution >= 0.6 is 0 Å². The number of hydrogen-bond donors (Lipinski definition) is 1. The molecule has 1 aromatic heterocycles. The van der Waals surface area contributed by atoms with E-state index in [9.17, 15) is 9.18 Å². The first kappa shape index (κ1) is 20.7. The fourth-order valence-electron chi connectivity index (χ4n) is 4.28. The highest BCUT2D eigenvalue weighted by molar-refractivity contribution is 5.81. The predicted octanol–water partition coefficient (Wildman–Crippen LogP) is 3.50. The molecule has 1 unspecified atom stereocenters. The monoisotopic (exact) mass is 412 g/mol. The number of amides is 1. The Kier molecular flexibility index (Phi) is 6.57. The second-order valence-electron chi connectivity index (χ2n) is 8.21. The third-order valence-electron chi connectivity index (χ3n) is 5.94. The Morgan fingerprint density at radius 3 is 2.77 bits per heavy atom. The molecule has 2 aliphatic heterocycles. The molecule has 0 saturated carbocycles. The Morgan fingerprint density at radius 1 is 1.23 bits per heavy atom. The molecule has 0 aliphatic carbocycles. The number of likely N-dealkylation sites (tertiary alicyclic amines) is 1. The molecule has 7 heteroatoms. The lowest BCUT2D eigenvalue weighted by atomic mass is 9.91. The summed E-state index contributed by atoms with van der Waals surface area (Å²) in [4.78, 5) is 23.5. The maximum Gasteiger partial charge on any atom is 0.251 e. The highest BCUT2D eigenvalue weighted by Crippen LogP contribution is 2.24. The molecule has 0 radical (unpaired) electrons. The molecule has 30 heavy (non-hydrogen) atoms. The summed E-state index contributed by atoms with van der Waals surface area (Å²) in [6.45, 7) is 4.53. The van der Waals surface area contributed by atoms with Crippen LogP contribution in [0, 0.1) is 18.7 Å². The van der Waals surface area contributed by atoms with E-state index in [4.69, 9.17) is 4.74 Å². The van der Waals surface area contributed by atoms with Crippen molar-refractivity contribution in [2.45, 2.75) is 51.7 Å². The lowest BCUT2D eigenvalue weighted by Crippen LogP contribution is -2.44. The highest BCUT2D eigenvalue weighted by atomic mass is 19.1. The molecule has 4 rings (SSSR count). The van der Waals surface area contributed by atoms with Gasteiger partial charge in [-0.25, -0.2) is 14.4 Å². The largest absolute Gasteiger partial charge is 0.368 e. The summed E-state index contributed by atoms with van der Waals surface area (Å²) < 4.78 is 19.4. The quantitative estimate of drug-likeness (QED) is 0.787. The first-order valence-corrected chi connectivity index (χ1v) is 10.8. The van der Waals surface area contributed by atoms with Gasteiger partial charge in [-0.3, -0.25) is 4.79 Å². The number of hydrogen-bond acceptors (Lipinski definition) is 5. The van der Waals surface area contributed by atoms with Crippen molar-refractivity contribution in [3.63, 3.8) is 0 Å². The van der Waals surface area contributed by atoms with E-state index in [0.717, 1.165) is 50.9 Å². The van der Waals surface area contributed by atoms with Gasteiger partial charge in [0.1, 0.15) is 23.6 Å². The van der Waals surface area contributed by atoms with Gasteiger partial charge in [0.15, 0.2) is 0 Å². The van der Waals surface area contributed by atoms with Crippen LogP contribution < -0.4 is 5.32 Å². The normalized spacial score (nSPS) is 19.8. The number of anilines is 1. The van der Waals surface area contributed by atoms with Crippen LogP contribution in [-0.2, 0) is 22.5 Å². The fraction of sp³-hybridized carbons (Fsp3) is 0.522. The number of nitrogens with one attached hydrogen (secondary N) is 1. The zero-order chi connectivity index (χ0) is 20.9. The van der Waals surface area contributed by atoms with Gasteiger partial charge in [-0.05, 0) is 51.0 Å². The minimum absolute atomic E-state index is 0.156. The van der Waals surface area contributed by atoms with E-state index in [-0.39, 0.29) is 17.8 Å². The van der Waals surface area contributed by atoms with Crippen molar-refractivity contribution >= 4 is 11.7 Å². The van der Waals surface area contributed by atoms with Crippen molar-refractivity contribution in [1.82, 2.24) is 14.9 Å². The Balaban J connectivity index is 1.31. The number of aromatic nitrogens is 2. The van der Waals surface area contributed by atoms with Crippen molar-refractivity contribution in [3.05, 3.63) is 53.2 Å². The van der Waals surface area contributed by atoms with Crippen LogP contribution in [0.4, 0.5) is 10.2 Å². The molecule has 160 valence electrons. The van der Waals surface area contributed by atoms with Crippen molar-refractivity contribution in [1.29, 1.82) is 0 Å². The molecule has 1 N–H and O–H groups in total. The molecular formula is C23H29FN4O2. The summed E-state index contributed by atoms with van der Waals surface area (Å²) in [7, 11) is 0. The molecule has 2 aliphatic rings. The number of carbonyl (C=O) groups excluding carboxylic acids is 1. The zero-order valence-electron chi connectivity index (χ0n) is 17.4. The van der Waals surface area contributed by atoms with Crippen LogP contribution in [0.15, 0.2) is 30.3 Å². The molecule has 2 fully saturated rings. The first-order valence-electron chi connectivity index (χ1n) is 10.8. The minimum Gasteiger partial charge on any atom is -0.368 e. The van der Waals surface area contributed by atoms with Crippen LogP contribution in [0.2, 0.25) is 0 Å². The predicted molar refractivity (Wildman–Crippen MR) is 112 cm³/mol. The molecule has 1 atom stereocenters. The molecule has 2 aromatic rings. The fourth-order valence-corrected chi connectivity index (χ4v) is 4.28. The smallest absolute Gasteiger partial charge is 0.251 e. The summed E-state index contributed by atoms with van der Waals surface area (Å²) in [6.07, 6.45) is 4.40. The number of aryl methyl sites for hydroxylation is 1. The van der Waals surface area contributed by atoms with Crippen LogP contribution in [0.5, 0.6) is 0 Å². The lowest BCUT2D eigenvalue weighted by Gasteiger charge is -2.33. The minimum atomic E-state index is -0.228. The third-order valence-corrected chi connectivity index (χ3v) is 5.94. The van der Waals surface area contributed by atoms with Crippen molar-refractivity contribution in [2.24, 2.45) is 5.92 Å². The van der Waals surface area contributed by atoms with Crippen LogP contribution in [0.3, 0.4) is 0 Å². The second kappa shape index (κ2) is 9.51. The van der Waals surface area contributed by atoms with Crippen LogP contribution in [0.25, 0.3) is 0 Å². The van der Waals surface area contributed by atoms with E-state index < -0.39 is 0 Å². The third kappa shape index (κ3) is 5.14. The van der Waals surface area contributed by atoms with Crippen molar-refractivity contribution < 1.29 is 13.9 Å². The zero-order valence-corrected chi connectivity index (χ0v) is 17.4. The van der Waals surface area contributed by atoms with E-state index in [1.807, 2.05) is 24.0 Å². The van der Waals surface area contributed by atoms with Gasteiger partial charge in [-0.15, -0.1) is 0 Å². The Hall–Kier alpha value is -2.54. The van der Waals surface area contributed by atoms with E-state index in [2.05, 4.69) is 15.3 Å². The maximum atomic E-state index is 13.8. The van der Waals surface area contributed by atoms with Gasteiger partial charge < -0.3 is 15.0 Å². The van der Waals surface area contributed by atoms with Gasteiger partial charge in [0.05, 0.1) is 0 Å². The van der Waals surface area contributed by atoms with Gasteiger partial charge in [-0.1, -0.05) is 18.2 Å². The van der Waals surface area contributed by atoms with Crippen molar-refractivity contribution in [2.75, 3.05) is 25.0 Å². The van der Waals surface area contributed by atoms with E-state index in [1.165, 1.54) is 6.07 Å². The second-order valence-corrected chi connectivity index (χ2v) is 8.21. The molecular weight excluding hydrogens is 383 g/mol. The molecule has 2 saturated heterocycles. The van der Waals surface area contributed by atoms with Gasteiger partial charge in [-0.2, -0.15) is 0 Å². The van der Waals surface area contributed by atoms with Gasteiger partial charge in [0, 0.05) is 43.6 Å². The van der Waals surface area contributed by atoms with Gasteiger partial charge >= 0.3 is 0 Å². The average molecular weight is 413 g/mol. The van der Waals surface area contributed by atoms with E-state index in [0.29, 0.717) is 36.3 Å². The molecule has 3 heterocycles. The number of carbonyl (C=O) groups is 1. The van der Waals surface area contributed by atoms with Crippen molar-refractivity contribution in [3.8, 4) is 0 Å². The topological polar surface area (TPSA) is 67.4 Å². The molecule has 0 spiro atoms. The number of benzene rings is 1. The van der Waals surface area contributed by atoms with E-state index in [1.54, 1.807) is 12.1 Å². The summed E-state index contributed by atoms with van der Waals surface area (Å²) in [6, 6.07) is 8.70. The van der Waals surface area contributed by atoms with Crippen LogP contribution in [-0.4, -0.2) is 46.6 Å². The summed E-state index contributed by atoms with van der Waals surface area (Å²) in [5.41, 5.74) is 1.60. The lowest BCUT2D eigenvalue weighted by molar-refractivity contribution is -0.142. The number of nitrogens with zero attached hydrogens (tertiary/aromatic N) is 3.